The molecule has 3 heterocycles. The molecule has 0 N–H and O–H groups in total. The number of amides is 1. The largest absolute Gasteiger partial charge is 0.497 e. The van der Waals surface area contributed by atoms with Crippen molar-refractivity contribution in [3.63, 3.8) is 0 Å². The van der Waals surface area contributed by atoms with Gasteiger partial charge in [-0.2, -0.15) is 0 Å². The Bertz CT molecular complexity index is 919. The molecule has 0 unspecified atom stereocenters. The van der Waals surface area contributed by atoms with Gasteiger partial charge in [-0.1, -0.05) is 19.1 Å². The highest BCUT2D eigenvalue weighted by atomic mass is 16.5. The molecule has 0 bridgehead atoms. The van der Waals surface area contributed by atoms with Crippen molar-refractivity contribution in [2.45, 2.75) is 33.1 Å². The molecule has 7 heteroatoms. The van der Waals surface area contributed by atoms with E-state index < -0.39 is 0 Å². The lowest BCUT2D eigenvalue weighted by Gasteiger charge is -2.37. The quantitative estimate of drug-likeness (QED) is 0.710. The van der Waals surface area contributed by atoms with E-state index in [4.69, 9.17) is 19.4 Å². The lowest BCUT2D eigenvalue weighted by Crippen LogP contribution is -2.51. The second-order valence-corrected chi connectivity index (χ2v) is 8.27. The maximum Gasteiger partial charge on any atom is 0.228 e. The Morgan fingerprint density at radius 1 is 1.23 bits per heavy atom. The molecule has 0 radical (unpaired) electrons. The van der Waals surface area contributed by atoms with Crippen LogP contribution in [0.5, 0.6) is 5.75 Å². The summed E-state index contributed by atoms with van der Waals surface area (Å²) in [7, 11) is 1.69. The van der Waals surface area contributed by atoms with Gasteiger partial charge >= 0.3 is 0 Å². The number of benzene rings is 1. The van der Waals surface area contributed by atoms with E-state index in [2.05, 4.69) is 24.0 Å². The summed E-state index contributed by atoms with van der Waals surface area (Å²) in [5.41, 5.74) is 3.44. The molecule has 1 aromatic carbocycles. The molecule has 166 valence electrons. The fraction of sp³-hybridized carbons (Fsp3) is 0.542. The van der Waals surface area contributed by atoms with Crippen molar-refractivity contribution in [1.82, 2.24) is 14.9 Å². The molecule has 0 aliphatic carbocycles. The van der Waals surface area contributed by atoms with Crippen LogP contribution in [0.25, 0.3) is 0 Å². The Hall–Kier alpha value is -2.67. The number of rotatable bonds is 6. The van der Waals surface area contributed by atoms with Gasteiger partial charge in [0, 0.05) is 50.5 Å². The van der Waals surface area contributed by atoms with Gasteiger partial charge in [0.2, 0.25) is 5.91 Å². The third-order valence-electron chi connectivity index (χ3n) is 6.20. The van der Waals surface area contributed by atoms with Crippen LogP contribution in [0.4, 0.5) is 5.82 Å². The summed E-state index contributed by atoms with van der Waals surface area (Å²) in [4.78, 5) is 26.7. The Kier molecular flexibility index (Phi) is 6.70. The molecule has 2 saturated heterocycles. The molecule has 4 rings (SSSR count). The van der Waals surface area contributed by atoms with Crippen LogP contribution in [0.2, 0.25) is 0 Å². The van der Waals surface area contributed by atoms with E-state index in [0.717, 1.165) is 68.5 Å². The number of hydrogen-bond donors (Lipinski definition) is 0. The Balaban J connectivity index is 1.55. The smallest absolute Gasteiger partial charge is 0.228 e. The molecule has 1 aromatic heterocycles. The number of carbonyl (C=O) groups excluding carboxylic acids is 1. The average molecular weight is 425 g/mol. The van der Waals surface area contributed by atoms with Crippen molar-refractivity contribution in [2.75, 3.05) is 51.4 Å². The summed E-state index contributed by atoms with van der Waals surface area (Å²) < 4.78 is 10.8. The Morgan fingerprint density at radius 2 is 2.03 bits per heavy atom. The lowest BCUT2D eigenvalue weighted by atomic mass is 10.0. The van der Waals surface area contributed by atoms with E-state index >= 15 is 0 Å². The average Bonchev–Trinajstić information content (AvgIpc) is 3.34. The van der Waals surface area contributed by atoms with Gasteiger partial charge in [-0.3, -0.25) is 4.79 Å². The molecule has 2 aliphatic rings. The lowest BCUT2D eigenvalue weighted by molar-refractivity contribution is -0.135. The van der Waals surface area contributed by atoms with E-state index in [-0.39, 0.29) is 11.8 Å². The first kappa shape index (κ1) is 21.6. The fourth-order valence-electron chi connectivity index (χ4n) is 4.49. The number of anilines is 1. The summed E-state index contributed by atoms with van der Waals surface area (Å²) in [6.45, 7) is 8.36. The van der Waals surface area contributed by atoms with Crippen molar-refractivity contribution in [3.8, 4) is 5.75 Å². The zero-order valence-corrected chi connectivity index (χ0v) is 18.8. The minimum Gasteiger partial charge on any atom is -0.497 e. The predicted octanol–water partition coefficient (Wildman–Crippen LogP) is 2.63. The fourth-order valence-corrected chi connectivity index (χ4v) is 4.49. The number of aromatic nitrogens is 2. The van der Waals surface area contributed by atoms with E-state index in [0.29, 0.717) is 13.2 Å². The van der Waals surface area contributed by atoms with E-state index in [1.165, 1.54) is 11.1 Å². The first-order valence-electron chi connectivity index (χ1n) is 11.2. The van der Waals surface area contributed by atoms with Crippen LogP contribution in [0.1, 0.15) is 36.0 Å². The molecule has 0 saturated carbocycles. The molecular weight excluding hydrogens is 392 g/mol. The number of aryl methyl sites for hydroxylation is 2. The van der Waals surface area contributed by atoms with Crippen LogP contribution in [-0.2, 0) is 22.4 Å². The zero-order chi connectivity index (χ0) is 21.8. The summed E-state index contributed by atoms with van der Waals surface area (Å²) in [5, 5.41) is 0. The molecular formula is C24H32N4O3. The first-order chi connectivity index (χ1) is 15.1. The van der Waals surface area contributed by atoms with Crippen LogP contribution in [0.15, 0.2) is 24.3 Å². The molecule has 1 amide bonds. The van der Waals surface area contributed by atoms with Crippen LogP contribution < -0.4 is 9.64 Å². The van der Waals surface area contributed by atoms with Gasteiger partial charge in [0.25, 0.3) is 0 Å². The van der Waals surface area contributed by atoms with Crippen molar-refractivity contribution in [1.29, 1.82) is 0 Å². The SMILES string of the molecule is CCc1nc(C)nc(N2CCN(C(=O)[C@@H]3CCOC3)CC2)c1Cc1cccc(OC)c1. The normalized spacial score (nSPS) is 19.0. The van der Waals surface area contributed by atoms with Crippen molar-refractivity contribution in [3.05, 3.63) is 46.9 Å². The molecule has 31 heavy (non-hydrogen) atoms. The van der Waals surface area contributed by atoms with E-state index in [1.54, 1.807) is 7.11 Å². The highest BCUT2D eigenvalue weighted by molar-refractivity contribution is 5.79. The van der Waals surface area contributed by atoms with Gasteiger partial charge in [-0.15, -0.1) is 0 Å². The van der Waals surface area contributed by atoms with Crippen molar-refractivity contribution < 1.29 is 14.3 Å². The molecule has 1 atom stereocenters. The number of piperazine rings is 1. The van der Waals surface area contributed by atoms with Crippen molar-refractivity contribution in [2.24, 2.45) is 5.92 Å². The number of carbonyl (C=O) groups is 1. The summed E-state index contributed by atoms with van der Waals surface area (Å²) >= 11 is 0. The molecule has 2 aliphatic heterocycles. The van der Waals surface area contributed by atoms with Gasteiger partial charge in [-0.25, -0.2) is 9.97 Å². The van der Waals surface area contributed by atoms with Gasteiger partial charge in [0.15, 0.2) is 0 Å². The number of nitrogens with zero attached hydrogens (tertiary/aromatic N) is 4. The van der Waals surface area contributed by atoms with Gasteiger partial charge in [0.05, 0.1) is 19.6 Å². The van der Waals surface area contributed by atoms with Crippen LogP contribution in [0.3, 0.4) is 0 Å². The first-order valence-corrected chi connectivity index (χ1v) is 11.2. The maximum atomic E-state index is 12.8. The van der Waals surface area contributed by atoms with Crippen LogP contribution in [-0.4, -0.2) is 67.3 Å². The third-order valence-corrected chi connectivity index (χ3v) is 6.20. The second-order valence-electron chi connectivity index (χ2n) is 8.27. The number of methoxy groups -OCH3 is 1. The summed E-state index contributed by atoms with van der Waals surface area (Å²) in [6.07, 6.45) is 2.46. The maximum absolute atomic E-state index is 12.8. The minimum absolute atomic E-state index is 0.0307. The molecule has 2 aromatic rings. The number of hydrogen-bond acceptors (Lipinski definition) is 6. The minimum atomic E-state index is 0.0307. The predicted molar refractivity (Wildman–Crippen MR) is 120 cm³/mol. The Morgan fingerprint density at radius 3 is 2.71 bits per heavy atom. The molecule has 0 spiro atoms. The standard InChI is InChI=1S/C24H32N4O3/c1-4-22-21(15-18-6-5-7-20(14-18)30-3)23(26-17(2)25-22)27-9-11-28(12-10-27)24(29)19-8-13-31-16-19/h5-7,14,19H,4,8-13,15-16H2,1-3H3/t19-/m1/s1. The topological polar surface area (TPSA) is 67.8 Å². The molecule has 7 nitrogen and oxygen atoms in total. The number of ether oxygens (including phenoxy) is 2. The van der Waals surface area contributed by atoms with Gasteiger partial charge in [-0.05, 0) is 37.5 Å². The summed E-state index contributed by atoms with van der Waals surface area (Å²) in [5.74, 6) is 2.92. The third kappa shape index (κ3) is 4.82. The van der Waals surface area contributed by atoms with Crippen LogP contribution in [0, 0.1) is 12.8 Å². The second kappa shape index (κ2) is 9.64. The highest BCUT2D eigenvalue weighted by Gasteiger charge is 2.31. The van der Waals surface area contributed by atoms with Gasteiger partial charge < -0.3 is 19.3 Å². The van der Waals surface area contributed by atoms with Crippen molar-refractivity contribution >= 4 is 11.7 Å². The van der Waals surface area contributed by atoms with Gasteiger partial charge in [0.1, 0.15) is 17.4 Å². The van der Waals surface area contributed by atoms with Crippen LogP contribution >= 0.6 is 0 Å². The molecule has 2 fully saturated rings. The highest BCUT2D eigenvalue weighted by Crippen LogP contribution is 2.27. The zero-order valence-electron chi connectivity index (χ0n) is 18.8. The summed E-state index contributed by atoms with van der Waals surface area (Å²) in [6, 6.07) is 8.17. The van der Waals surface area contributed by atoms with E-state index in [1.807, 2.05) is 24.0 Å². The Labute approximate surface area is 184 Å². The van der Waals surface area contributed by atoms with E-state index in [9.17, 15) is 4.79 Å². The monoisotopic (exact) mass is 424 g/mol.